The SMILES string of the molecule is CCCCC1CCC(C(O)Cc2ccc(C)cc2Cl)CC1. The average Bonchev–Trinajstić information content (AvgIpc) is 2.48. The molecule has 1 aliphatic rings. The van der Waals surface area contributed by atoms with E-state index < -0.39 is 0 Å². The van der Waals surface area contributed by atoms with Gasteiger partial charge in [0, 0.05) is 11.4 Å². The molecule has 0 heterocycles. The summed E-state index contributed by atoms with van der Waals surface area (Å²) < 4.78 is 0. The molecular formula is C19H29ClO. The second-order valence-corrected chi connectivity index (χ2v) is 7.20. The number of halogens is 1. The number of aliphatic hydroxyl groups excluding tert-OH is 1. The van der Waals surface area contributed by atoms with Crippen LogP contribution >= 0.6 is 11.6 Å². The van der Waals surface area contributed by atoms with Crippen LogP contribution < -0.4 is 0 Å². The summed E-state index contributed by atoms with van der Waals surface area (Å²) in [7, 11) is 0. The van der Waals surface area contributed by atoms with Gasteiger partial charge in [-0.15, -0.1) is 0 Å². The molecule has 0 aliphatic heterocycles. The third-order valence-corrected chi connectivity index (χ3v) is 5.39. The van der Waals surface area contributed by atoms with Crippen LogP contribution in [0, 0.1) is 18.8 Å². The van der Waals surface area contributed by atoms with Crippen molar-refractivity contribution in [3.8, 4) is 0 Å². The zero-order valence-corrected chi connectivity index (χ0v) is 14.2. The van der Waals surface area contributed by atoms with E-state index in [9.17, 15) is 5.11 Å². The number of rotatable bonds is 6. The first-order chi connectivity index (χ1) is 10.1. The Morgan fingerprint density at radius 2 is 1.95 bits per heavy atom. The molecule has 1 nitrogen and oxygen atoms in total. The Morgan fingerprint density at radius 1 is 1.24 bits per heavy atom. The molecule has 1 N–H and O–H groups in total. The largest absolute Gasteiger partial charge is 0.392 e. The monoisotopic (exact) mass is 308 g/mol. The van der Waals surface area contributed by atoms with Gasteiger partial charge in [0.05, 0.1) is 6.10 Å². The number of hydrogen-bond acceptors (Lipinski definition) is 1. The molecule has 1 unspecified atom stereocenters. The summed E-state index contributed by atoms with van der Waals surface area (Å²) in [5.41, 5.74) is 2.26. The highest BCUT2D eigenvalue weighted by Crippen LogP contribution is 2.34. The van der Waals surface area contributed by atoms with Crippen molar-refractivity contribution in [1.29, 1.82) is 0 Å². The fraction of sp³-hybridized carbons (Fsp3) is 0.684. The molecule has 2 rings (SSSR count). The van der Waals surface area contributed by atoms with Crippen LogP contribution in [0.1, 0.15) is 63.0 Å². The summed E-state index contributed by atoms with van der Waals surface area (Å²) in [5.74, 6) is 1.36. The molecule has 1 aromatic rings. The number of hydrogen-bond donors (Lipinski definition) is 1. The maximum atomic E-state index is 10.5. The van der Waals surface area contributed by atoms with Gasteiger partial charge in [0.2, 0.25) is 0 Å². The molecule has 0 bridgehead atoms. The zero-order valence-electron chi connectivity index (χ0n) is 13.4. The Hall–Kier alpha value is -0.530. The van der Waals surface area contributed by atoms with Crippen molar-refractivity contribution in [1.82, 2.24) is 0 Å². The summed E-state index contributed by atoms with van der Waals surface area (Å²) >= 11 is 6.28. The number of benzene rings is 1. The van der Waals surface area contributed by atoms with Crippen molar-refractivity contribution in [2.75, 3.05) is 0 Å². The molecule has 1 aromatic carbocycles. The number of unbranched alkanes of at least 4 members (excludes halogenated alkanes) is 1. The first-order valence-corrected chi connectivity index (χ1v) is 8.91. The lowest BCUT2D eigenvalue weighted by atomic mass is 9.76. The third kappa shape index (κ3) is 5.00. The smallest absolute Gasteiger partial charge is 0.0609 e. The van der Waals surface area contributed by atoms with Crippen LogP contribution in [0.15, 0.2) is 18.2 Å². The fourth-order valence-corrected chi connectivity index (χ4v) is 3.88. The van der Waals surface area contributed by atoms with Crippen LogP contribution in [0.25, 0.3) is 0 Å². The number of aryl methyl sites for hydroxylation is 1. The van der Waals surface area contributed by atoms with Gasteiger partial charge in [0.25, 0.3) is 0 Å². The molecule has 118 valence electrons. The van der Waals surface area contributed by atoms with Gasteiger partial charge in [0.15, 0.2) is 0 Å². The van der Waals surface area contributed by atoms with Gasteiger partial charge in [-0.3, -0.25) is 0 Å². The molecule has 0 spiro atoms. The Bertz CT molecular complexity index is 435. The lowest BCUT2D eigenvalue weighted by Crippen LogP contribution is -2.27. The maximum absolute atomic E-state index is 10.5. The highest BCUT2D eigenvalue weighted by atomic mass is 35.5. The Balaban J connectivity index is 1.83. The van der Waals surface area contributed by atoms with E-state index in [0.717, 1.165) is 16.5 Å². The van der Waals surface area contributed by atoms with Gasteiger partial charge in [-0.2, -0.15) is 0 Å². The standard InChI is InChI=1S/C19H29ClO/c1-3-4-5-15-7-10-16(11-8-15)19(21)13-17-9-6-14(2)12-18(17)20/h6,9,12,15-16,19,21H,3-5,7-8,10-11,13H2,1-2H3. The Kier molecular flexibility index (Phi) is 6.57. The van der Waals surface area contributed by atoms with E-state index in [0.29, 0.717) is 12.3 Å². The van der Waals surface area contributed by atoms with Crippen molar-refractivity contribution in [2.24, 2.45) is 11.8 Å². The summed E-state index contributed by atoms with van der Waals surface area (Å²) in [6.45, 7) is 4.31. The first kappa shape index (κ1) is 16.8. The van der Waals surface area contributed by atoms with E-state index in [1.807, 2.05) is 13.0 Å². The normalized spacial score (nSPS) is 24.0. The second-order valence-electron chi connectivity index (χ2n) is 6.79. The van der Waals surface area contributed by atoms with Gasteiger partial charge >= 0.3 is 0 Å². The minimum absolute atomic E-state index is 0.239. The molecule has 1 atom stereocenters. The zero-order chi connectivity index (χ0) is 15.2. The molecule has 1 fully saturated rings. The van der Waals surface area contributed by atoms with Gasteiger partial charge in [-0.05, 0) is 48.8 Å². The fourth-order valence-electron chi connectivity index (χ4n) is 3.56. The van der Waals surface area contributed by atoms with Crippen LogP contribution in [0.4, 0.5) is 0 Å². The molecule has 0 saturated heterocycles. The summed E-state index contributed by atoms with van der Waals surface area (Å²) in [6, 6.07) is 6.13. The Morgan fingerprint density at radius 3 is 2.57 bits per heavy atom. The van der Waals surface area contributed by atoms with E-state index in [2.05, 4.69) is 19.1 Å². The topological polar surface area (TPSA) is 20.2 Å². The van der Waals surface area contributed by atoms with Crippen LogP contribution in [0.2, 0.25) is 5.02 Å². The predicted octanol–water partition coefficient (Wildman–Crippen LogP) is 5.55. The van der Waals surface area contributed by atoms with Crippen molar-refractivity contribution in [3.05, 3.63) is 34.3 Å². The molecule has 1 saturated carbocycles. The molecule has 21 heavy (non-hydrogen) atoms. The highest BCUT2D eigenvalue weighted by molar-refractivity contribution is 6.31. The molecule has 0 amide bonds. The van der Waals surface area contributed by atoms with Gasteiger partial charge in [0.1, 0.15) is 0 Å². The summed E-state index contributed by atoms with van der Waals surface area (Å²) in [5, 5.41) is 11.3. The van der Waals surface area contributed by atoms with E-state index >= 15 is 0 Å². The summed E-state index contributed by atoms with van der Waals surface area (Å²) in [6.07, 6.45) is 9.44. The van der Waals surface area contributed by atoms with Crippen LogP contribution in [-0.2, 0) is 6.42 Å². The van der Waals surface area contributed by atoms with Crippen molar-refractivity contribution in [2.45, 2.75) is 71.3 Å². The van der Waals surface area contributed by atoms with Crippen molar-refractivity contribution < 1.29 is 5.11 Å². The molecule has 0 aromatic heterocycles. The Labute approximate surface area is 134 Å². The predicted molar refractivity (Wildman–Crippen MR) is 90.9 cm³/mol. The lowest BCUT2D eigenvalue weighted by Gasteiger charge is -2.31. The van der Waals surface area contributed by atoms with Crippen molar-refractivity contribution >= 4 is 11.6 Å². The van der Waals surface area contributed by atoms with E-state index in [1.54, 1.807) is 0 Å². The quantitative estimate of drug-likeness (QED) is 0.730. The molecule has 1 aliphatic carbocycles. The van der Waals surface area contributed by atoms with Crippen LogP contribution in [-0.4, -0.2) is 11.2 Å². The van der Waals surface area contributed by atoms with Crippen LogP contribution in [0.3, 0.4) is 0 Å². The summed E-state index contributed by atoms with van der Waals surface area (Å²) in [4.78, 5) is 0. The first-order valence-electron chi connectivity index (χ1n) is 8.53. The van der Waals surface area contributed by atoms with Crippen molar-refractivity contribution in [3.63, 3.8) is 0 Å². The van der Waals surface area contributed by atoms with E-state index in [4.69, 9.17) is 11.6 Å². The minimum atomic E-state index is -0.239. The second kappa shape index (κ2) is 8.19. The number of aliphatic hydroxyl groups is 1. The minimum Gasteiger partial charge on any atom is -0.392 e. The molecule has 0 radical (unpaired) electrons. The molecular weight excluding hydrogens is 280 g/mol. The highest BCUT2D eigenvalue weighted by Gasteiger charge is 2.26. The third-order valence-electron chi connectivity index (χ3n) is 5.04. The molecule has 2 heteroatoms. The van der Waals surface area contributed by atoms with Gasteiger partial charge < -0.3 is 5.11 Å². The van der Waals surface area contributed by atoms with E-state index in [1.165, 1.54) is 50.5 Å². The lowest BCUT2D eigenvalue weighted by molar-refractivity contribution is 0.0726. The van der Waals surface area contributed by atoms with E-state index in [-0.39, 0.29) is 6.10 Å². The maximum Gasteiger partial charge on any atom is 0.0609 e. The van der Waals surface area contributed by atoms with Gasteiger partial charge in [-0.1, -0.05) is 62.8 Å². The average molecular weight is 309 g/mol. The van der Waals surface area contributed by atoms with Gasteiger partial charge in [-0.25, -0.2) is 0 Å². The van der Waals surface area contributed by atoms with Crippen LogP contribution in [0.5, 0.6) is 0 Å².